The summed E-state index contributed by atoms with van der Waals surface area (Å²) in [6.45, 7) is 2.50. The van der Waals surface area contributed by atoms with E-state index in [1.54, 1.807) is 29.8 Å². The fourth-order valence-corrected chi connectivity index (χ4v) is 2.22. The van der Waals surface area contributed by atoms with Crippen LogP contribution in [0.15, 0.2) is 23.8 Å². The van der Waals surface area contributed by atoms with Gasteiger partial charge in [0.15, 0.2) is 0 Å². The summed E-state index contributed by atoms with van der Waals surface area (Å²) in [6.07, 6.45) is 3.38. The van der Waals surface area contributed by atoms with Crippen molar-refractivity contribution in [3.05, 3.63) is 34.5 Å². The summed E-state index contributed by atoms with van der Waals surface area (Å²) in [6, 6.07) is 1.78. The molecule has 20 heavy (non-hydrogen) atoms. The summed E-state index contributed by atoms with van der Waals surface area (Å²) in [5, 5.41) is 10.1. The van der Waals surface area contributed by atoms with Gasteiger partial charge in [-0.15, -0.1) is 11.3 Å². The van der Waals surface area contributed by atoms with Gasteiger partial charge in [0.1, 0.15) is 0 Å². The number of thiazole rings is 1. The predicted molar refractivity (Wildman–Crippen MR) is 75.5 cm³/mol. The summed E-state index contributed by atoms with van der Waals surface area (Å²) in [7, 11) is 0. The average Bonchev–Trinajstić information content (AvgIpc) is 3.07. The van der Waals surface area contributed by atoms with Gasteiger partial charge in [-0.25, -0.2) is 9.67 Å². The van der Waals surface area contributed by atoms with Crippen LogP contribution in [0.1, 0.15) is 10.7 Å². The molecule has 9 heteroatoms. The number of rotatable bonds is 4. The summed E-state index contributed by atoms with van der Waals surface area (Å²) in [4.78, 5) is 16.7. The van der Waals surface area contributed by atoms with E-state index in [0.717, 1.165) is 10.7 Å². The number of aromatic nitrogens is 6. The number of hydrogen-bond acceptors (Lipinski definition) is 8. The Morgan fingerprint density at radius 1 is 1.30 bits per heavy atom. The summed E-state index contributed by atoms with van der Waals surface area (Å²) in [5.74, 6) is 0.913. The first-order valence-electron chi connectivity index (χ1n) is 5.87. The van der Waals surface area contributed by atoms with E-state index in [1.165, 1.54) is 4.68 Å². The molecule has 0 radical (unpaired) electrons. The molecule has 3 aromatic heterocycles. The molecule has 3 rings (SSSR count). The van der Waals surface area contributed by atoms with E-state index in [1.807, 2.05) is 12.3 Å². The average molecular weight is 288 g/mol. The Bertz CT molecular complexity index is 705. The molecule has 0 bridgehead atoms. The molecule has 0 fully saturated rings. The lowest BCUT2D eigenvalue weighted by Crippen LogP contribution is -2.11. The van der Waals surface area contributed by atoms with E-state index in [-0.39, 0.29) is 5.95 Å². The van der Waals surface area contributed by atoms with Crippen molar-refractivity contribution in [2.24, 2.45) is 0 Å². The Morgan fingerprint density at radius 2 is 2.20 bits per heavy atom. The molecule has 8 nitrogen and oxygen atoms in total. The van der Waals surface area contributed by atoms with E-state index < -0.39 is 0 Å². The molecule has 0 unspecified atom stereocenters. The minimum Gasteiger partial charge on any atom is -0.368 e. The van der Waals surface area contributed by atoms with Gasteiger partial charge in [0, 0.05) is 17.8 Å². The number of hydrogen-bond donors (Lipinski definition) is 2. The van der Waals surface area contributed by atoms with Crippen molar-refractivity contribution < 1.29 is 0 Å². The molecule has 0 atom stereocenters. The standard InChI is InChI=1S/C11H12N8S/c1-7-15-8(6-20-7)5-13-10-16-9(12)17-11(18-10)19-4-2-3-14-19/h2-4,6H,5H2,1H3,(H3,12,13,16,17,18). The molecule has 3 heterocycles. The van der Waals surface area contributed by atoms with Crippen LogP contribution in [0, 0.1) is 6.92 Å². The van der Waals surface area contributed by atoms with E-state index in [0.29, 0.717) is 18.4 Å². The number of nitrogens with zero attached hydrogens (tertiary/aromatic N) is 6. The molecule has 0 aromatic carbocycles. The third-order valence-electron chi connectivity index (χ3n) is 2.44. The van der Waals surface area contributed by atoms with Crippen LogP contribution in [0.5, 0.6) is 0 Å². The van der Waals surface area contributed by atoms with Crippen molar-refractivity contribution in [2.75, 3.05) is 11.1 Å². The highest BCUT2D eigenvalue weighted by molar-refractivity contribution is 7.09. The maximum Gasteiger partial charge on any atom is 0.257 e. The van der Waals surface area contributed by atoms with Crippen molar-refractivity contribution in [2.45, 2.75) is 13.5 Å². The van der Waals surface area contributed by atoms with Crippen molar-refractivity contribution in [3.8, 4) is 5.95 Å². The first kappa shape index (κ1) is 12.5. The molecule has 0 saturated heterocycles. The van der Waals surface area contributed by atoms with Gasteiger partial charge in [0.2, 0.25) is 11.9 Å². The molecule has 3 N–H and O–H groups in total. The van der Waals surface area contributed by atoms with Crippen molar-refractivity contribution in [1.82, 2.24) is 29.7 Å². The highest BCUT2D eigenvalue weighted by atomic mass is 32.1. The molecule has 0 spiro atoms. The number of nitrogen functional groups attached to an aromatic ring is 1. The monoisotopic (exact) mass is 288 g/mol. The molecule has 0 aliphatic rings. The first-order valence-corrected chi connectivity index (χ1v) is 6.75. The van der Waals surface area contributed by atoms with Crippen LogP contribution in [0.25, 0.3) is 5.95 Å². The lowest BCUT2D eigenvalue weighted by Gasteiger charge is -2.05. The normalized spacial score (nSPS) is 10.7. The van der Waals surface area contributed by atoms with Crippen LogP contribution in [0.4, 0.5) is 11.9 Å². The second kappa shape index (κ2) is 5.21. The number of nitrogens with one attached hydrogen (secondary N) is 1. The van der Waals surface area contributed by atoms with E-state index in [2.05, 4.69) is 30.4 Å². The van der Waals surface area contributed by atoms with Gasteiger partial charge in [-0.3, -0.25) is 0 Å². The van der Waals surface area contributed by atoms with E-state index >= 15 is 0 Å². The van der Waals surface area contributed by atoms with Gasteiger partial charge in [-0.05, 0) is 13.0 Å². The maximum atomic E-state index is 5.68. The Hall–Kier alpha value is -2.55. The van der Waals surface area contributed by atoms with Gasteiger partial charge in [0.25, 0.3) is 5.95 Å². The van der Waals surface area contributed by atoms with Crippen LogP contribution >= 0.6 is 11.3 Å². The number of nitrogens with two attached hydrogens (primary N) is 1. The SMILES string of the molecule is Cc1nc(CNc2nc(N)nc(-n3cccn3)n2)cs1. The van der Waals surface area contributed by atoms with Gasteiger partial charge in [0.05, 0.1) is 17.2 Å². The second-order valence-corrected chi connectivity index (χ2v) is 5.04. The zero-order chi connectivity index (χ0) is 13.9. The topological polar surface area (TPSA) is 107 Å². The Kier molecular flexibility index (Phi) is 3.25. The summed E-state index contributed by atoms with van der Waals surface area (Å²) in [5.41, 5.74) is 6.62. The van der Waals surface area contributed by atoms with Gasteiger partial charge >= 0.3 is 0 Å². The van der Waals surface area contributed by atoms with Crippen LogP contribution in [-0.2, 0) is 6.54 Å². The molecule has 3 aromatic rings. The quantitative estimate of drug-likeness (QED) is 0.737. The van der Waals surface area contributed by atoms with Crippen LogP contribution < -0.4 is 11.1 Å². The summed E-state index contributed by atoms with van der Waals surface area (Å²) >= 11 is 1.60. The van der Waals surface area contributed by atoms with E-state index in [9.17, 15) is 0 Å². The van der Waals surface area contributed by atoms with Crippen molar-refractivity contribution in [3.63, 3.8) is 0 Å². The highest BCUT2D eigenvalue weighted by Crippen LogP contribution is 2.11. The number of anilines is 2. The minimum atomic E-state index is 0.141. The smallest absolute Gasteiger partial charge is 0.257 e. The van der Waals surface area contributed by atoms with Crippen LogP contribution in [-0.4, -0.2) is 29.7 Å². The zero-order valence-electron chi connectivity index (χ0n) is 10.7. The third-order valence-corrected chi connectivity index (χ3v) is 3.27. The Balaban J connectivity index is 1.79. The fourth-order valence-electron chi connectivity index (χ4n) is 1.61. The lowest BCUT2D eigenvalue weighted by molar-refractivity contribution is 0.798. The zero-order valence-corrected chi connectivity index (χ0v) is 11.5. The molecule has 102 valence electrons. The van der Waals surface area contributed by atoms with Crippen molar-refractivity contribution >= 4 is 23.2 Å². The highest BCUT2D eigenvalue weighted by Gasteiger charge is 2.07. The van der Waals surface area contributed by atoms with E-state index in [4.69, 9.17) is 5.73 Å². The molecular formula is C11H12N8S. The van der Waals surface area contributed by atoms with Gasteiger partial charge < -0.3 is 11.1 Å². The third kappa shape index (κ3) is 2.72. The fraction of sp³-hybridized carbons (Fsp3) is 0.182. The summed E-state index contributed by atoms with van der Waals surface area (Å²) < 4.78 is 1.52. The van der Waals surface area contributed by atoms with Gasteiger partial charge in [-0.2, -0.15) is 20.1 Å². The lowest BCUT2D eigenvalue weighted by atomic mass is 10.5. The largest absolute Gasteiger partial charge is 0.368 e. The molecular weight excluding hydrogens is 276 g/mol. The minimum absolute atomic E-state index is 0.141. The Morgan fingerprint density at radius 3 is 2.90 bits per heavy atom. The molecule has 0 aliphatic heterocycles. The molecule has 0 aliphatic carbocycles. The Labute approximate surface area is 118 Å². The van der Waals surface area contributed by atoms with Crippen LogP contribution in [0.3, 0.4) is 0 Å². The maximum absolute atomic E-state index is 5.68. The van der Waals surface area contributed by atoms with Crippen LogP contribution in [0.2, 0.25) is 0 Å². The second-order valence-electron chi connectivity index (χ2n) is 3.98. The molecule has 0 saturated carbocycles. The van der Waals surface area contributed by atoms with Crippen molar-refractivity contribution in [1.29, 1.82) is 0 Å². The predicted octanol–water partition coefficient (Wildman–Crippen LogP) is 1.02. The molecule has 0 amide bonds. The number of aryl methyl sites for hydroxylation is 1. The first-order chi connectivity index (χ1) is 9.70. The van der Waals surface area contributed by atoms with Gasteiger partial charge in [-0.1, -0.05) is 0 Å².